The number of hydrogen-bond donors (Lipinski definition) is 1. The van der Waals surface area contributed by atoms with Gasteiger partial charge in [-0.3, -0.25) is 0 Å². The molecule has 0 amide bonds. The van der Waals surface area contributed by atoms with Gasteiger partial charge in [0, 0.05) is 5.56 Å². The number of nitrogens with two attached hydrogens (primary N) is 1. The molecular weight excluding hydrogens is 328 g/mol. The molecule has 4 rings (SSSR count). The van der Waals surface area contributed by atoms with E-state index in [1.165, 1.54) is 0 Å². The van der Waals surface area contributed by atoms with Gasteiger partial charge in [-0.25, -0.2) is 0 Å². The summed E-state index contributed by atoms with van der Waals surface area (Å²) < 4.78 is 6.93. The zero-order chi connectivity index (χ0) is 18.3. The Hall–Kier alpha value is -3.48. The summed E-state index contributed by atoms with van der Waals surface area (Å²) in [6.45, 7) is 6.07. The monoisotopic (exact) mass is 346 g/mol. The van der Waals surface area contributed by atoms with Gasteiger partial charge in [0.2, 0.25) is 5.82 Å². The summed E-state index contributed by atoms with van der Waals surface area (Å²) in [7, 11) is 0. The van der Waals surface area contributed by atoms with E-state index in [4.69, 9.17) is 10.3 Å². The van der Waals surface area contributed by atoms with Gasteiger partial charge in [0.15, 0.2) is 11.5 Å². The molecule has 0 radical (unpaired) electrons. The van der Waals surface area contributed by atoms with Crippen LogP contribution in [0.4, 0.5) is 5.82 Å². The molecule has 2 N–H and O–H groups in total. The van der Waals surface area contributed by atoms with Crippen LogP contribution in [0, 0.1) is 20.8 Å². The Morgan fingerprint density at radius 1 is 0.923 bits per heavy atom. The molecule has 0 aliphatic heterocycles. The van der Waals surface area contributed by atoms with E-state index in [1.54, 1.807) is 4.68 Å². The van der Waals surface area contributed by atoms with E-state index in [0.29, 0.717) is 17.3 Å². The van der Waals surface area contributed by atoms with E-state index < -0.39 is 0 Å². The molecule has 0 saturated heterocycles. The minimum Gasteiger partial charge on any atom is -0.382 e. The van der Waals surface area contributed by atoms with E-state index in [2.05, 4.69) is 26.5 Å². The molecule has 0 saturated carbocycles. The fourth-order valence-electron chi connectivity index (χ4n) is 2.84. The molecule has 0 bridgehead atoms. The predicted molar refractivity (Wildman–Crippen MR) is 98.7 cm³/mol. The van der Waals surface area contributed by atoms with Gasteiger partial charge < -0.3 is 10.3 Å². The largest absolute Gasteiger partial charge is 0.382 e. The summed E-state index contributed by atoms with van der Waals surface area (Å²) in [5.41, 5.74) is 11.7. The van der Waals surface area contributed by atoms with Crippen LogP contribution in [0.5, 0.6) is 0 Å². The van der Waals surface area contributed by atoms with Crippen molar-refractivity contribution in [2.45, 2.75) is 20.8 Å². The molecule has 7 nitrogen and oxygen atoms in total. The third kappa shape index (κ3) is 2.83. The molecule has 7 heteroatoms. The minimum absolute atomic E-state index is 0.244. The van der Waals surface area contributed by atoms with E-state index in [-0.39, 0.29) is 5.89 Å². The summed E-state index contributed by atoms with van der Waals surface area (Å²) in [5, 5.41) is 12.3. The topological polar surface area (TPSA) is 95.7 Å². The minimum atomic E-state index is 0.244. The number of nitrogens with zero attached hydrogens (tertiary/aromatic N) is 5. The third-order valence-corrected chi connectivity index (χ3v) is 4.09. The molecule has 0 fully saturated rings. The molecule has 26 heavy (non-hydrogen) atoms. The van der Waals surface area contributed by atoms with E-state index in [1.807, 2.05) is 57.2 Å². The number of benzene rings is 2. The Morgan fingerprint density at radius 2 is 1.62 bits per heavy atom. The highest BCUT2D eigenvalue weighted by Crippen LogP contribution is 2.27. The van der Waals surface area contributed by atoms with Crippen LogP contribution >= 0.6 is 0 Å². The molecule has 0 spiro atoms. The predicted octanol–water partition coefficient (Wildman–Crippen LogP) is 3.49. The molecule has 4 aromatic rings. The molecule has 0 unspecified atom stereocenters. The number of anilines is 1. The first-order valence-electron chi connectivity index (χ1n) is 8.22. The molecule has 130 valence electrons. The second kappa shape index (κ2) is 6.11. The standard InChI is InChI=1S/C19H18N6O/c1-11-4-6-14(7-5-11)18-21-19(26-23-18)16-17(20)25(24-22-16)15-9-12(2)8-13(3)10-15/h4-10H,20H2,1-3H3. The number of aromatic nitrogens is 5. The Kier molecular flexibility index (Phi) is 3.76. The van der Waals surface area contributed by atoms with Gasteiger partial charge in [-0.05, 0) is 44.0 Å². The van der Waals surface area contributed by atoms with Crippen molar-refractivity contribution in [1.29, 1.82) is 0 Å². The van der Waals surface area contributed by atoms with E-state index in [9.17, 15) is 0 Å². The SMILES string of the molecule is Cc1ccc(-c2noc(-c3nnn(-c4cc(C)cc(C)c4)c3N)n2)cc1. The average molecular weight is 346 g/mol. The van der Waals surface area contributed by atoms with Crippen molar-refractivity contribution in [3.8, 4) is 28.7 Å². The van der Waals surface area contributed by atoms with Crippen LogP contribution in [0.25, 0.3) is 28.7 Å². The second-order valence-electron chi connectivity index (χ2n) is 6.37. The van der Waals surface area contributed by atoms with Crippen molar-refractivity contribution < 1.29 is 4.52 Å². The van der Waals surface area contributed by atoms with Crippen LogP contribution in [-0.4, -0.2) is 25.1 Å². The zero-order valence-electron chi connectivity index (χ0n) is 14.8. The molecule has 2 aromatic heterocycles. The van der Waals surface area contributed by atoms with Crippen LogP contribution in [0.3, 0.4) is 0 Å². The smallest absolute Gasteiger partial charge is 0.282 e. The highest BCUT2D eigenvalue weighted by Gasteiger charge is 2.20. The van der Waals surface area contributed by atoms with Gasteiger partial charge in [0.1, 0.15) is 0 Å². The van der Waals surface area contributed by atoms with Gasteiger partial charge in [-0.1, -0.05) is 46.3 Å². The summed E-state index contributed by atoms with van der Waals surface area (Å²) in [4.78, 5) is 4.41. The molecular formula is C19H18N6O. The molecule has 0 aliphatic rings. The van der Waals surface area contributed by atoms with Crippen molar-refractivity contribution in [2.24, 2.45) is 0 Å². The lowest BCUT2D eigenvalue weighted by Gasteiger charge is -2.05. The Morgan fingerprint density at radius 3 is 2.31 bits per heavy atom. The maximum Gasteiger partial charge on any atom is 0.282 e. The summed E-state index contributed by atoms with van der Waals surface area (Å²) in [5.74, 6) is 1.09. The van der Waals surface area contributed by atoms with Crippen molar-refractivity contribution in [1.82, 2.24) is 25.1 Å². The molecule has 2 aromatic carbocycles. The lowest BCUT2D eigenvalue weighted by atomic mass is 10.1. The van der Waals surface area contributed by atoms with Crippen molar-refractivity contribution in [2.75, 3.05) is 5.73 Å². The number of hydrogen-bond acceptors (Lipinski definition) is 6. The number of aryl methyl sites for hydroxylation is 3. The fraction of sp³-hybridized carbons (Fsp3) is 0.158. The molecule has 0 atom stereocenters. The summed E-state index contributed by atoms with van der Waals surface area (Å²) >= 11 is 0. The Balaban J connectivity index is 1.71. The van der Waals surface area contributed by atoms with Crippen LogP contribution in [0.1, 0.15) is 16.7 Å². The van der Waals surface area contributed by atoms with Crippen LogP contribution in [0.15, 0.2) is 47.0 Å². The summed E-state index contributed by atoms with van der Waals surface area (Å²) in [6, 6.07) is 14.0. The lowest BCUT2D eigenvalue weighted by molar-refractivity contribution is 0.431. The van der Waals surface area contributed by atoms with Crippen molar-refractivity contribution >= 4 is 5.82 Å². The summed E-state index contributed by atoms with van der Waals surface area (Å²) in [6.07, 6.45) is 0. The lowest BCUT2D eigenvalue weighted by Crippen LogP contribution is -2.03. The Bertz CT molecular complexity index is 1060. The Labute approximate surface area is 150 Å². The van der Waals surface area contributed by atoms with E-state index >= 15 is 0 Å². The molecule has 0 aliphatic carbocycles. The molecule has 2 heterocycles. The van der Waals surface area contributed by atoms with Gasteiger partial charge in [-0.15, -0.1) is 5.10 Å². The number of rotatable bonds is 3. The third-order valence-electron chi connectivity index (χ3n) is 4.09. The second-order valence-corrected chi connectivity index (χ2v) is 6.37. The van der Waals surface area contributed by atoms with Crippen LogP contribution < -0.4 is 5.73 Å². The zero-order valence-corrected chi connectivity index (χ0v) is 14.8. The quantitative estimate of drug-likeness (QED) is 0.610. The maximum absolute atomic E-state index is 6.25. The first kappa shape index (κ1) is 16.0. The fourth-order valence-corrected chi connectivity index (χ4v) is 2.84. The van der Waals surface area contributed by atoms with Gasteiger partial charge in [0.25, 0.3) is 5.89 Å². The van der Waals surface area contributed by atoms with Crippen LogP contribution in [0.2, 0.25) is 0 Å². The highest BCUT2D eigenvalue weighted by atomic mass is 16.5. The van der Waals surface area contributed by atoms with Gasteiger partial charge in [-0.2, -0.15) is 9.67 Å². The average Bonchev–Trinajstić information content (AvgIpc) is 3.21. The van der Waals surface area contributed by atoms with Gasteiger partial charge in [0.05, 0.1) is 5.69 Å². The first-order chi connectivity index (χ1) is 12.5. The highest BCUT2D eigenvalue weighted by molar-refractivity contribution is 5.66. The number of nitrogen functional groups attached to an aromatic ring is 1. The maximum atomic E-state index is 6.25. The van der Waals surface area contributed by atoms with Crippen molar-refractivity contribution in [3.63, 3.8) is 0 Å². The van der Waals surface area contributed by atoms with Gasteiger partial charge >= 0.3 is 0 Å². The van der Waals surface area contributed by atoms with Crippen molar-refractivity contribution in [3.05, 3.63) is 59.2 Å². The van der Waals surface area contributed by atoms with Crippen LogP contribution in [-0.2, 0) is 0 Å². The normalized spacial score (nSPS) is 11.0. The first-order valence-corrected chi connectivity index (χ1v) is 8.22. The van der Waals surface area contributed by atoms with E-state index in [0.717, 1.165) is 27.9 Å².